The molecule has 1 fully saturated rings. The molecule has 0 spiro atoms. The first kappa shape index (κ1) is 21.2. The van der Waals surface area contributed by atoms with E-state index in [1.165, 1.54) is 44.2 Å². The van der Waals surface area contributed by atoms with Crippen molar-refractivity contribution in [3.05, 3.63) is 23.8 Å². The van der Waals surface area contributed by atoms with E-state index < -0.39 is 13.4 Å². The van der Waals surface area contributed by atoms with E-state index in [9.17, 15) is 19.7 Å². The monoisotopic (exact) mass is 386 g/mol. The predicted octanol–water partition coefficient (Wildman–Crippen LogP) is 3.22. The van der Waals surface area contributed by atoms with Crippen molar-refractivity contribution < 1.29 is 24.2 Å². The van der Waals surface area contributed by atoms with Crippen molar-refractivity contribution in [2.24, 2.45) is 0 Å². The van der Waals surface area contributed by atoms with Crippen LogP contribution in [0.2, 0.25) is 0 Å². The van der Waals surface area contributed by atoms with Gasteiger partial charge in [0, 0.05) is 17.7 Å². The van der Waals surface area contributed by atoms with Gasteiger partial charge in [0.2, 0.25) is 0 Å². The molecule has 2 atom stereocenters. The Morgan fingerprint density at radius 3 is 2.62 bits per heavy atom. The highest BCUT2D eigenvalue weighted by Gasteiger charge is 2.35. The van der Waals surface area contributed by atoms with E-state index in [4.69, 9.17) is 4.52 Å². The lowest BCUT2D eigenvalue weighted by atomic mass is 9.95. The second kappa shape index (κ2) is 10.3. The van der Waals surface area contributed by atoms with Crippen LogP contribution in [0.5, 0.6) is 11.5 Å². The van der Waals surface area contributed by atoms with Crippen molar-refractivity contribution in [3.63, 3.8) is 0 Å². The van der Waals surface area contributed by atoms with Crippen molar-refractivity contribution in [1.82, 2.24) is 10.6 Å². The Labute approximate surface area is 155 Å². The maximum absolute atomic E-state index is 12.5. The van der Waals surface area contributed by atoms with E-state index >= 15 is 0 Å². The lowest BCUT2D eigenvalue weighted by Crippen LogP contribution is -2.33. The molecule has 0 amide bonds. The van der Waals surface area contributed by atoms with Gasteiger partial charge in [-0.2, -0.15) is 0 Å². The van der Waals surface area contributed by atoms with Gasteiger partial charge < -0.3 is 24.9 Å². The summed E-state index contributed by atoms with van der Waals surface area (Å²) in [5.74, 6) is -1.39. The SMILES string of the molecule is CCOP(=O)(O)C(NCCCNC1CCCCC1)c1ccc(O)cc1O. The molecule has 1 aliphatic rings. The molecule has 0 heterocycles. The molecule has 1 saturated carbocycles. The maximum atomic E-state index is 12.5. The van der Waals surface area contributed by atoms with E-state index in [-0.39, 0.29) is 23.7 Å². The number of rotatable bonds is 10. The van der Waals surface area contributed by atoms with Crippen LogP contribution in [-0.4, -0.2) is 40.8 Å². The minimum Gasteiger partial charge on any atom is -0.508 e. The summed E-state index contributed by atoms with van der Waals surface area (Å²) in [6, 6.07) is 4.54. The van der Waals surface area contributed by atoms with Crippen LogP contribution >= 0.6 is 7.60 Å². The Morgan fingerprint density at radius 2 is 1.96 bits per heavy atom. The van der Waals surface area contributed by atoms with Gasteiger partial charge in [0.05, 0.1) is 6.61 Å². The van der Waals surface area contributed by atoms with Gasteiger partial charge in [0.25, 0.3) is 0 Å². The zero-order chi connectivity index (χ0) is 19.0. The van der Waals surface area contributed by atoms with Crippen LogP contribution in [0.4, 0.5) is 0 Å². The highest BCUT2D eigenvalue weighted by molar-refractivity contribution is 7.53. The first-order valence-corrected chi connectivity index (χ1v) is 11.0. The first-order chi connectivity index (χ1) is 12.4. The Morgan fingerprint density at radius 1 is 1.23 bits per heavy atom. The quantitative estimate of drug-likeness (QED) is 0.310. The molecular weight excluding hydrogens is 355 g/mol. The molecule has 5 N–H and O–H groups in total. The molecule has 0 aliphatic heterocycles. The predicted molar refractivity (Wildman–Crippen MR) is 101 cm³/mol. The van der Waals surface area contributed by atoms with Crippen molar-refractivity contribution >= 4 is 7.60 Å². The normalized spacial score (nSPS) is 19.2. The number of phenolic OH excluding ortho intramolecular Hbond substituents is 2. The summed E-state index contributed by atoms with van der Waals surface area (Å²) >= 11 is 0. The Bertz CT molecular complexity index is 607. The summed E-state index contributed by atoms with van der Waals surface area (Å²) in [7, 11) is -4.01. The van der Waals surface area contributed by atoms with Gasteiger partial charge in [-0.1, -0.05) is 19.3 Å². The molecule has 0 radical (unpaired) electrons. The summed E-state index contributed by atoms with van der Waals surface area (Å²) in [4.78, 5) is 10.3. The van der Waals surface area contributed by atoms with Gasteiger partial charge in [-0.3, -0.25) is 9.88 Å². The van der Waals surface area contributed by atoms with Crippen LogP contribution in [0, 0.1) is 0 Å². The number of phenols is 2. The average Bonchev–Trinajstić information content (AvgIpc) is 2.60. The second-order valence-electron chi connectivity index (χ2n) is 6.72. The van der Waals surface area contributed by atoms with Crippen molar-refractivity contribution in [3.8, 4) is 11.5 Å². The molecule has 0 saturated heterocycles. The van der Waals surface area contributed by atoms with Crippen LogP contribution in [-0.2, 0) is 9.09 Å². The van der Waals surface area contributed by atoms with Gasteiger partial charge >= 0.3 is 7.60 Å². The van der Waals surface area contributed by atoms with Gasteiger partial charge in [-0.25, -0.2) is 0 Å². The van der Waals surface area contributed by atoms with Crippen LogP contribution in [0.1, 0.15) is 56.8 Å². The number of aromatic hydroxyl groups is 2. The molecule has 26 heavy (non-hydrogen) atoms. The third kappa shape index (κ3) is 6.25. The van der Waals surface area contributed by atoms with Crippen LogP contribution < -0.4 is 10.6 Å². The molecule has 8 heteroatoms. The second-order valence-corrected chi connectivity index (χ2v) is 8.63. The summed E-state index contributed by atoms with van der Waals surface area (Å²) in [5.41, 5.74) is 0.238. The fourth-order valence-corrected chi connectivity index (χ4v) is 4.81. The van der Waals surface area contributed by atoms with Gasteiger partial charge in [-0.15, -0.1) is 0 Å². The third-order valence-electron chi connectivity index (χ3n) is 4.68. The number of hydrogen-bond donors (Lipinski definition) is 5. The van der Waals surface area contributed by atoms with E-state index in [1.54, 1.807) is 6.92 Å². The highest BCUT2D eigenvalue weighted by atomic mass is 31.2. The van der Waals surface area contributed by atoms with Gasteiger partial charge in [0.1, 0.15) is 17.3 Å². The first-order valence-electron chi connectivity index (χ1n) is 9.39. The molecule has 1 aliphatic carbocycles. The lowest BCUT2D eigenvalue weighted by molar-refractivity contribution is 0.257. The molecule has 1 aromatic carbocycles. The molecule has 2 unspecified atom stereocenters. The maximum Gasteiger partial charge on any atom is 0.349 e. The number of nitrogens with one attached hydrogen (secondary N) is 2. The molecule has 0 aromatic heterocycles. The standard InChI is InChI=1S/C18H31N2O5P/c1-2-25-26(23,24)18(16-10-9-15(21)13-17(16)22)20-12-6-11-19-14-7-4-3-5-8-14/h9-10,13-14,18-22H,2-8,11-12H2,1H3,(H,23,24). The third-order valence-corrected chi connectivity index (χ3v) is 6.42. The Balaban J connectivity index is 1.92. The summed E-state index contributed by atoms with van der Waals surface area (Å²) in [6.45, 7) is 3.07. The summed E-state index contributed by atoms with van der Waals surface area (Å²) in [6.07, 6.45) is 7.10. The fourth-order valence-electron chi connectivity index (χ4n) is 3.36. The molecule has 148 valence electrons. The molecule has 0 bridgehead atoms. The van der Waals surface area contributed by atoms with Gasteiger partial charge in [-0.05, 0) is 51.4 Å². The van der Waals surface area contributed by atoms with Crippen LogP contribution in [0.3, 0.4) is 0 Å². The average molecular weight is 386 g/mol. The van der Waals surface area contributed by atoms with E-state index in [0.29, 0.717) is 12.6 Å². The topological polar surface area (TPSA) is 111 Å². The Kier molecular flexibility index (Phi) is 8.38. The lowest BCUT2D eigenvalue weighted by Gasteiger charge is -2.25. The summed E-state index contributed by atoms with van der Waals surface area (Å²) in [5, 5.41) is 26.1. The van der Waals surface area contributed by atoms with E-state index in [2.05, 4.69) is 10.6 Å². The number of benzene rings is 1. The van der Waals surface area contributed by atoms with E-state index in [0.717, 1.165) is 19.0 Å². The van der Waals surface area contributed by atoms with Gasteiger partial charge in [0.15, 0.2) is 0 Å². The molecule has 2 rings (SSSR count). The zero-order valence-corrected chi connectivity index (χ0v) is 16.3. The zero-order valence-electron chi connectivity index (χ0n) is 15.4. The smallest absolute Gasteiger partial charge is 0.349 e. The molecular formula is C18H31N2O5P. The fraction of sp³-hybridized carbons (Fsp3) is 0.667. The Hall–Kier alpha value is -1.11. The van der Waals surface area contributed by atoms with Crippen LogP contribution in [0.15, 0.2) is 18.2 Å². The molecule has 7 nitrogen and oxygen atoms in total. The number of hydrogen-bond acceptors (Lipinski definition) is 6. The van der Waals surface area contributed by atoms with Crippen molar-refractivity contribution in [2.75, 3.05) is 19.7 Å². The van der Waals surface area contributed by atoms with Crippen LogP contribution in [0.25, 0.3) is 0 Å². The summed E-state index contributed by atoms with van der Waals surface area (Å²) < 4.78 is 17.6. The minimum atomic E-state index is -4.01. The van der Waals surface area contributed by atoms with Crippen molar-refractivity contribution in [2.45, 2.75) is 57.3 Å². The largest absolute Gasteiger partial charge is 0.508 e. The minimum absolute atomic E-state index is 0.0913. The van der Waals surface area contributed by atoms with Crippen molar-refractivity contribution in [1.29, 1.82) is 0 Å². The molecule has 1 aromatic rings. The van der Waals surface area contributed by atoms with E-state index in [1.807, 2.05) is 0 Å². The highest BCUT2D eigenvalue weighted by Crippen LogP contribution is 2.56.